The molecule has 1 rings (SSSR count). The second-order valence-electron chi connectivity index (χ2n) is 7.15. The second-order valence-corrected chi connectivity index (χ2v) is 7.15. The summed E-state index contributed by atoms with van der Waals surface area (Å²) in [6.45, 7) is 13.8. The molecule has 0 saturated carbocycles. The van der Waals surface area contributed by atoms with Gasteiger partial charge in [-0.3, -0.25) is 0 Å². The molecule has 2 unspecified atom stereocenters. The second kappa shape index (κ2) is 8.00. The topological polar surface area (TPSA) is 26.0 Å². The van der Waals surface area contributed by atoms with E-state index in [1.807, 2.05) is 6.20 Å². The Hall–Kier alpha value is -0.790. The van der Waals surface area contributed by atoms with E-state index >= 15 is 0 Å². The first-order valence-electron chi connectivity index (χ1n) is 8.93. The standard InChI is InChI=1S/C19H35NO/c1-7-11-14-19(6,13-9-3)17-16(15-20-21-17)18(5,10-4)12-8-2/h15H,7-14H2,1-6H3. The molecule has 2 atom stereocenters. The van der Waals surface area contributed by atoms with Crippen molar-refractivity contribution in [2.75, 3.05) is 0 Å². The van der Waals surface area contributed by atoms with E-state index in [4.69, 9.17) is 4.52 Å². The van der Waals surface area contributed by atoms with E-state index in [2.05, 4.69) is 46.7 Å². The van der Waals surface area contributed by atoms with Crippen LogP contribution in [-0.4, -0.2) is 5.16 Å². The van der Waals surface area contributed by atoms with Crippen molar-refractivity contribution < 1.29 is 4.52 Å². The SMILES string of the molecule is CCCCC(C)(CCC)c1oncc1C(C)(CC)CCC. The zero-order valence-corrected chi connectivity index (χ0v) is 15.1. The van der Waals surface area contributed by atoms with Crippen molar-refractivity contribution in [3.8, 4) is 0 Å². The molecule has 21 heavy (non-hydrogen) atoms. The van der Waals surface area contributed by atoms with Crippen LogP contribution < -0.4 is 0 Å². The van der Waals surface area contributed by atoms with Crippen molar-refractivity contribution in [2.24, 2.45) is 0 Å². The van der Waals surface area contributed by atoms with Gasteiger partial charge in [0.25, 0.3) is 0 Å². The van der Waals surface area contributed by atoms with Crippen LogP contribution in [0.5, 0.6) is 0 Å². The van der Waals surface area contributed by atoms with Crippen molar-refractivity contribution in [2.45, 2.75) is 104 Å². The quantitative estimate of drug-likeness (QED) is 0.499. The highest BCUT2D eigenvalue weighted by atomic mass is 16.5. The number of hydrogen-bond acceptors (Lipinski definition) is 2. The molecule has 0 amide bonds. The Labute approximate surface area is 131 Å². The summed E-state index contributed by atoms with van der Waals surface area (Å²) < 4.78 is 5.82. The Morgan fingerprint density at radius 2 is 1.52 bits per heavy atom. The molecular weight excluding hydrogens is 258 g/mol. The largest absolute Gasteiger partial charge is 0.361 e. The molecule has 2 nitrogen and oxygen atoms in total. The molecule has 0 saturated heterocycles. The lowest BCUT2D eigenvalue weighted by Crippen LogP contribution is -2.28. The molecule has 1 aromatic heterocycles. The highest BCUT2D eigenvalue weighted by Crippen LogP contribution is 2.43. The monoisotopic (exact) mass is 293 g/mol. The Morgan fingerprint density at radius 1 is 0.905 bits per heavy atom. The van der Waals surface area contributed by atoms with Gasteiger partial charge in [-0.1, -0.05) is 72.4 Å². The van der Waals surface area contributed by atoms with Crippen molar-refractivity contribution >= 4 is 0 Å². The molecule has 0 spiro atoms. The van der Waals surface area contributed by atoms with Crippen LogP contribution in [0.2, 0.25) is 0 Å². The van der Waals surface area contributed by atoms with Gasteiger partial charge in [0.15, 0.2) is 0 Å². The molecule has 0 aliphatic heterocycles. The molecule has 2 heteroatoms. The summed E-state index contributed by atoms with van der Waals surface area (Å²) in [7, 11) is 0. The number of unbranched alkanes of at least 4 members (excludes halogenated alkanes) is 1. The Balaban J connectivity index is 3.19. The van der Waals surface area contributed by atoms with E-state index in [0.29, 0.717) is 0 Å². The van der Waals surface area contributed by atoms with E-state index < -0.39 is 0 Å². The molecule has 1 aromatic rings. The maximum atomic E-state index is 5.82. The minimum Gasteiger partial charge on any atom is -0.361 e. The first-order chi connectivity index (χ1) is 9.97. The molecule has 0 N–H and O–H groups in total. The predicted octanol–water partition coefficient (Wildman–Crippen LogP) is 6.39. The third kappa shape index (κ3) is 4.11. The molecule has 1 heterocycles. The van der Waals surface area contributed by atoms with Crippen LogP contribution in [0.25, 0.3) is 0 Å². The van der Waals surface area contributed by atoms with Gasteiger partial charge in [-0.05, 0) is 31.1 Å². The Bertz CT molecular complexity index is 411. The Kier molecular flexibility index (Phi) is 6.96. The van der Waals surface area contributed by atoms with Crippen LogP contribution in [0.1, 0.15) is 104 Å². The first-order valence-corrected chi connectivity index (χ1v) is 8.93. The van der Waals surface area contributed by atoms with Crippen molar-refractivity contribution in [3.05, 3.63) is 17.5 Å². The number of nitrogens with zero attached hydrogens (tertiary/aromatic N) is 1. The lowest BCUT2D eigenvalue weighted by atomic mass is 9.70. The Morgan fingerprint density at radius 3 is 2.05 bits per heavy atom. The fourth-order valence-electron chi connectivity index (χ4n) is 3.63. The average Bonchev–Trinajstić information content (AvgIpc) is 2.96. The first kappa shape index (κ1) is 18.3. The maximum absolute atomic E-state index is 5.82. The summed E-state index contributed by atoms with van der Waals surface area (Å²) in [5.41, 5.74) is 1.70. The van der Waals surface area contributed by atoms with Crippen LogP contribution in [-0.2, 0) is 10.8 Å². The van der Waals surface area contributed by atoms with Crippen LogP contribution in [0.3, 0.4) is 0 Å². The number of hydrogen-bond donors (Lipinski definition) is 0. The highest BCUT2D eigenvalue weighted by molar-refractivity contribution is 5.30. The summed E-state index contributed by atoms with van der Waals surface area (Å²) in [4.78, 5) is 0. The third-order valence-corrected chi connectivity index (χ3v) is 5.23. The molecule has 0 aliphatic rings. The summed E-state index contributed by atoms with van der Waals surface area (Å²) in [6.07, 6.45) is 11.6. The van der Waals surface area contributed by atoms with Crippen LogP contribution >= 0.6 is 0 Å². The van der Waals surface area contributed by atoms with Gasteiger partial charge in [-0.15, -0.1) is 0 Å². The van der Waals surface area contributed by atoms with Gasteiger partial charge in [-0.25, -0.2) is 0 Å². The zero-order chi connectivity index (χ0) is 15.9. The molecule has 0 fully saturated rings. The van der Waals surface area contributed by atoms with E-state index in [9.17, 15) is 0 Å². The van der Waals surface area contributed by atoms with E-state index in [1.165, 1.54) is 50.5 Å². The lowest BCUT2D eigenvalue weighted by molar-refractivity contribution is 0.259. The van der Waals surface area contributed by atoms with Crippen molar-refractivity contribution in [1.82, 2.24) is 5.16 Å². The zero-order valence-electron chi connectivity index (χ0n) is 15.1. The van der Waals surface area contributed by atoms with Crippen LogP contribution in [0.4, 0.5) is 0 Å². The van der Waals surface area contributed by atoms with Gasteiger partial charge in [0, 0.05) is 11.0 Å². The van der Waals surface area contributed by atoms with Gasteiger partial charge in [0.1, 0.15) is 5.76 Å². The van der Waals surface area contributed by atoms with Crippen molar-refractivity contribution in [1.29, 1.82) is 0 Å². The van der Waals surface area contributed by atoms with E-state index in [-0.39, 0.29) is 10.8 Å². The fourth-order valence-corrected chi connectivity index (χ4v) is 3.63. The summed E-state index contributed by atoms with van der Waals surface area (Å²) in [5.74, 6) is 1.16. The summed E-state index contributed by atoms with van der Waals surface area (Å²) in [5, 5.41) is 4.20. The fraction of sp³-hybridized carbons (Fsp3) is 0.842. The van der Waals surface area contributed by atoms with Gasteiger partial charge in [-0.2, -0.15) is 0 Å². The maximum Gasteiger partial charge on any atom is 0.146 e. The molecule has 122 valence electrons. The molecule has 0 radical (unpaired) electrons. The third-order valence-electron chi connectivity index (χ3n) is 5.23. The molecular formula is C19H35NO. The van der Waals surface area contributed by atoms with Gasteiger partial charge in [0.2, 0.25) is 0 Å². The molecule has 0 bridgehead atoms. The average molecular weight is 293 g/mol. The molecule has 0 aliphatic carbocycles. The minimum absolute atomic E-state index is 0.140. The normalized spacial score (nSPS) is 17.4. The number of rotatable bonds is 10. The summed E-state index contributed by atoms with van der Waals surface area (Å²) in [6, 6.07) is 0. The molecule has 0 aromatic carbocycles. The predicted molar refractivity (Wildman–Crippen MR) is 90.8 cm³/mol. The van der Waals surface area contributed by atoms with Gasteiger partial charge in [0.05, 0.1) is 6.20 Å². The smallest absolute Gasteiger partial charge is 0.146 e. The summed E-state index contributed by atoms with van der Waals surface area (Å²) >= 11 is 0. The van der Waals surface area contributed by atoms with Gasteiger partial charge < -0.3 is 4.52 Å². The number of aromatic nitrogens is 1. The van der Waals surface area contributed by atoms with E-state index in [0.717, 1.165) is 12.2 Å². The van der Waals surface area contributed by atoms with Crippen LogP contribution in [0.15, 0.2) is 10.7 Å². The van der Waals surface area contributed by atoms with Gasteiger partial charge >= 0.3 is 0 Å². The lowest BCUT2D eigenvalue weighted by Gasteiger charge is -2.33. The van der Waals surface area contributed by atoms with Crippen molar-refractivity contribution in [3.63, 3.8) is 0 Å². The van der Waals surface area contributed by atoms with E-state index in [1.54, 1.807) is 0 Å². The van der Waals surface area contributed by atoms with Crippen LogP contribution in [0, 0.1) is 0 Å². The minimum atomic E-state index is 0.140. The highest BCUT2D eigenvalue weighted by Gasteiger charge is 2.37.